The van der Waals surface area contributed by atoms with Gasteiger partial charge in [-0.3, -0.25) is 4.90 Å². The standard InChI is InChI=1S/C13H19NO3S/c1-10(2)14(7-8-15)9-12-4-3-11(18-12)5-6-13(16)17/h3-6,10,15H,7-9H2,1-2H3,(H,16,17). The Hall–Kier alpha value is -1.17. The number of aliphatic carboxylic acids is 1. The van der Waals surface area contributed by atoms with Gasteiger partial charge in [-0.15, -0.1) is 11.3 Å². The van der Waals surface area contributed by atoms with Crippen LogP contribution in [0.5, 0.6) is 0 Å². The summed E-state index contributed by atoms with van der Waals surface area (Å²) in [6.45, 7) is 5.76. The lowest BCUT2D eigenvalue weighted by Crippen LogP contribution is -2.32. The van der Waals surface area contributed by atoms with Gasteiger partial charge >= 0.3 is 5.97 Å². The van der Waals surface area contributed by atoms with E-state index in [-0.39, 0.29) is 6.61 Å². The van der Waals surface area contributed by atoms with Crippen molar-refractivity contribution in [2.75, 3.05) is 13.2 Å². The van der Waals surface area contributed by atoms with Crippen LogP contribution in [0.2, 0.25) is 0 Å². The molecule has 100 valence electrons. The van der Waals surface area contributed by atoms with Gasteiger partial charge in [0.25, 0.3) is 0 Å². The van der Waals surface area contributed by atoms with Gasteiger partial charge in [0.15, 0.2) is 0 Å². The van der Waals surface area contributed by atoms with Crippen molar-refractivity contribution >= 4 is 23.4 Å². The molecule has 0 saturated carbocycles. The highest BCUT2D eigenvalue weighted by Crippen LogP contribution is 2.20. The third-order valence-electron chi connectivity index (χ3n) is 2.55. The highest BCUT2D eigenvalue weighted by molar-refractivity contribution is 7.12. The van der Waals surface area contributed by atoms with Gasteiger partial charge in [0, 0.05) is 35.0 Å². The Balaban J connectivity index is 2.64. The Kier molecular flexibility index (Phi) is 6.04. The molecule has 0 saturated heterocycles. The SMILES string of the molecule is CC(C)N(CCO)Cc1ccc(C=CC(=O)O)s1. The Bertz CT molecular complexity index is 412. The lowest BCUT2D eigenvalue weighted by atomic mass is 10.3. The van der Waals surface area contributed by atoms with E-state index in [0.717, 1.165) is 17.5 Å². The monoisotopic (exact) mass is 269 g/mol. The van der Waals surface area contributed by atoms with Crippen molar-refractivity contribution in [3.05, 3.63) is 28.0 Å². The van der Waals surface area contributed by atoms with Gasteiger partial charge in [-0.2, -0.15) is 0 Å². The summed E-state index contributed by atoms with van der Waals surface area (Å²) >= 11 is 1.57. The number of nitrogens with zero attached hydrogens (tertiary/aromatic N) is 1. The topological polar surface area (TPSA) is 60.8 Å². The van der Waals surface area contributed by atoms with Gasteiger partial charge in [-0.05, 0) is 32.1 Å². The smallest absolute Gasteiger partial charge is 0.328 e. The van der Waals surface area contributed by atoms with E-state index >= 15 is 0 Å². The predicted octanol–water partition coefficient (Wildman–Crippen LogP) is 2.05. The summed E-state index contributed by atoms with van der Waals surface area (Å²) in [7, 11) is 0. The van der Waals surface area contributed by atoms with Gasteiger partial charge in [0.05, 0.1) is 6.61 Å². The van der Waals surface area contributed by atoms with Crippen LogP contribution >= 0.6 is 11.3 Å². The van der Waals surface area contributed by atoms with Gasteiger partial charge in [-0.1, -0.05) is 0 Å². The molecule has 5 heteroatoms. The summed E-state index contributed by atoms with van der Waals surface area (Å²) in [6.07, 6.45) is 2.74. The van der Waals surface area contributed by atoms with Crippen molar-refractivity contribution in [2.24, 2.45) is 0 Å². The van der Waals surface area contributed by atoms with Crippen LogP contribution in [0.3, 0.4) is 0 Å². The highest BCUT2D eigenvalue weighted by atomic mass is 32.1. The normalized spacial score (nSPS) is 11.8. The second kappa shape index (κ2) is 7.31. The molecule has 1 heterocycles. The Morgan fingerprint density at radius 2 is 2.22 bits per heavy atom. The molecule has 0 unspecified atom stereocenters. The average molecular weight is 269 g/mol. The molecule has 0 spiro atoms. The fourth-order valence-electron chi connectivity index (χ4n) is 1.57. The second-order valence-corrected chi connectivity index (χ2v) is 5.46. The average Bonchev–Trinajstić information content (AvgIpc) is 2.73. The molecule has 4 nitrogen and oxygen atoms in total. The van der Waals surface area contributed by atoms with Crippen molar-refractivity contribution < 1.29 is 15.0 Å². The minimum atomic E-state index is -0.936. The molecule has 1 aromatic rings. The molecular formula is C13H19NO3S. The van der Waals surface area contributed by atoms with Crippen LogP contribution in [-0.4, -0.2) is 40.3 Å². The van der Waals surface area contributed by atoms with E-state index in [1.165, 1.54) is 4.88 Å². The molecule has 0 aliphatic carbocycles. The molecule has 2 N–H and O–H groups in total. The number of carboxylic acids is 1. The lowest BCUT2D eigenvalue weighted by Gasteiger charge is -2.24. The maximum absolute atomic E-state index is 10.4. The highest BCUT2D eigenvalue weighted by Gasteiger charge is 2.10. The quantitative estimate of drug-likeness (QED) is 0.744. The maximum Gasteiger partial charge on any atom is 0.328 e. The third kappa shape index (κ3) is 5.00. The molecule has 0 bridgehead atoms. The molecule has 0 aromatic carbocycles. The van der Waals surface area contributed by atoms with Crippen molar-refractivity contribution in [1.82, 2.24) is 4.90 Å². The molecule has 0 amide bonds. The fourth-order valence-corrected chi connectivity index (χ4v) is 2.51. The minimum Gasteiger partial charge on any atom is -0.478 e. The first kappa shape index (κ1) is 14.9. The van der Waals surface area contributed by atoms with Crippen LogP contribution in [0.25, 0.3) is 6.08 Å². The van der Waals surface area contributed by atoms with Crippen LogP contribution in [0, 0.1) is 0 Å². The third-order valence-corrected chi connectivity index (χ3v) is 3.58. The summed E-state index contributed by atoms with van der Waals surface area (Å²) in [6, 6.07) is 4.29. The van der Waals surface area contributed by atoms with Crippen LogP contribution in [0.15, 0.2) is 18.2 Å². The molecule has 0 fully saturated rings. The van der Waals surface area contributed by atoms with Gasteiger partial charge in [0.2, 0.25) is 0 Å². The summed E-state index contributed by atoms with van der Waals surface area (Å²) in [5, 5.41) is 17.6. The largest absolute Gasteiger partial charge is 0.478 e. The van der Waals surface area contributed by atoms with Gasteiger partial charge in [0.1, 0.15) is 0 Å². The lowest BCUT2D eigenvalue weighted by molar-refractivity contribution is -0.131. The second-order valence-electron chi connectivity index (χ2n) is 4.26. The number of aliphatic hydroxyl groups excluding tert-OH is 1. The number of carbonyl (C=O) groups is 1. The first-order chi connectivity index (χ1) is 8.52. The van der Waals surface area contributed by atoms with Crippen molar-refractivity contribution in [3.8, 4) is 0 Å². The summed E-state index contributed by atoms with van der Waals surface area (Å²) in [5.41, 5.74) is 0. The number of hydrogen-bond acceptors (Lipinski definition) is 4. The summed E-state index contributed by atoms with van der Waals surface area (Å²) < 4.78 is 0. The van der Waals surface area contributed by atoms with Crippen LogP contribution in [-0.2, 0) is 11.3 Å². The number of hydrogen-bond donors (Lipinski definition) is 2. The van der Waals surface area contributed by atoms with E-state index in [1.807, 2.05) is 12.1 Å². The van der Waals surface area contributed by atoms with E-state index in [2.05, 4.69) is 18.7 Å². The maximum atomic E-state index is 10.4. The number of thiophene rings is 1. The van der Waals surface area contributed by atoms with Gasteiger partial charge < -0.3 is 10.2 Å². The predicted molar refractivity (Wildman–Crippen MR) is 73.6 cm³/mol. The summed E-state index contributed by atoms with van der Waals surface area (Å²) in [5.74, 6) is -0.936. The van der Waals surface area contributed by atoms with Crippen molar-refractivity contribution in [3.63, 3.8) is 0 Å². The van der Waals surface area contributed by atoms with Gasteiger partial charge in [-0.25, -0.2) is 4.79 Å². The molecule has 0 atom stereocenters. The van der Waals surface area contributed by atoms with Crippen molar-refractivity contribution in [1.29, 1.82) is 0 Å². The first-order valence-corrected chi connectivity index (χ1v) is 6.69. The van der Waals surface area contributed by atoms with E-state index in [1.54, 1.807) is 17.4 Å². The van der Waals surface area contributed by atoms with E-state index in [0.29, 0.717) is 12.6 Å². The van der Waals surface area contributed by atoms with Crippen LogP contribution in [0.1, 0.15) is 23.6 Å². The number of carboxylic acid groups (broad SMARTS) is 1. The number of rotatable bonds is 7. The molecule has 0 radical (unpaired) electrons. The van der Waals surface area contributed by atoms with Crippen LogP contribution < -0.4 is 0 Å². The van der Waals surface area contributed by atoms with Crippen molar-refractivity contribution in [2.45, 2.75) is 26.4 Å². The van der Waals surface area contributed by atoms with E-state index in [9.17, 15) is 4.79 Å². The summed E-state index contributed by atoms with van der Waals surface area (Å²) in [4.78, 5) is 14.7. The molecule has 1 rings (SSSR count). The molecule has 1 aromatic heterocycles. The van der Waals surface area contributed by atoms with E-state index < -0.39 is 5.97 Å². The minimum absolute atomic E-state index is 0.148. The zero-order chi connectivity index (χ0) is 13.5. The molecule has 0 aliphatic rings. The Morgan fingerprint density at radius 3 is 2.78 bits per heavy atom. The van der Waals surface area contributed by atoms with E-state index in [4.69, 9.17) is 10.2 Å². The Labute approximate surface area is 111 Å². The molecule has 0 aliphatic heterocycles. The first-order valence-electron chi connectivity index (χ1n) is 5.87. The zero-order valence-electron chi connectivity index (χ0n) is 10.7. The Morgan fingerprint density at radius 1 is 1.50 bits per heavy atom. The molecule has 18 heavy (non-hydrogen) atoms. The van der Waals surface area contributed by atoms with Crippen LogP contribution in [0.4, 0.5) is 0 Å². The number of aliphatic hydroxyl groups is 1. The fraction of sp³-hybridized carbons (Fsp3) is 0.462. The molecular weight excluding hydrogens is 250 g/mol. The zero-order valence-corrected chi connectivity index (χ0v) is 11.5.